The summed E-state index contributed by atoms with van der Waals surface area (Å²) in [6.45, 7) is 2.84. The van der Waals surface area contributed by atoms with Gasteiger partial charge >= 0.3 is 0 Å². The number of rotatable bonds is 13. The van der Waals surface area contributed by atoms with Crippen LogP contribution in [0, 0.1) is 28.6 Å². The van der Waals surface area contributed by atoms with Gasteiger partial charge in [0.25, 0.3) is 0 Å². The van der Waals surface area contributed by atoms with Crippen molar-refractivity contribution in [3.63, 3.8) is 0 Å². The average Bonchev–Trinajstić information content (AvgIpc) is 2.44. The molecule has 0 saturated heterocycles. The molecule has 0 atom stereocenters. The number of unbranched alkanes of at least 4 members (excludes halogenated alkanes) is 4. The molecule has 0 radical (unpaired) electrons. The second-order valence-electron chi connectivity index (χ2n) is 8.18. The zero-order valence-corrected chi connectivity index (χ0v) is 14.8. The van der Waals surface area contributed by atoms with Crippen molar-refractivity contribution in [2.24, 2.45) is 28.8 Å². The Bertz CT molecular complexity index is 292. The third-order valence-electron chi connectivity index (χ3n) is 6.24. The van der Waals surface area contributed by atoms with E-state index in [-0.39, 0.29) is 0 Å². The van der Waals surface area contributed by atoms with Gasteiger partial charge in [-0.1, -0.05) is 69.9 Å². The largest absolute Gasteiger partial charge is 0.151 e. The lowest BCUT2D eigenvalue weighted by molar-refractivity contribution is 0.141. The lowest BCUT2D eigenvalue weighted by Crippen LogP contribution is -2.26. The van der Waals surface area contributed by atoms with Crippen LogP contribution in [0.4, 0.5) is 0 Å². The quantitative estimate of drug-likeness (QED) is 0.274. The molecule has 22 heavy (non-hydrogen) atoms. The molecule has 0 bridgehead atoms. The van der Waals surface area contributed by atoms with Crippen LogP contribution in [0.3, 0.4) is 0 Å². The highest BCUT2D eigenvalue weighted by Gasteiger charge is 2.30. The van der Waals surface area contributed by atoms with Crippen LogP contribution in [0.2, 0.25) is 0 Å². The molecule has 0 aromatic rings. The van der Waals surface area contributed by atoms with Gasteiger partial charge in [-0.2, -0.15) is 4.91 Å². The molecule has 2 nitrogen and oxygen atoms in total. The van der Waals surface area contributed by atoms with Crippen molar-refractivity contribution in [1.82, 2.24) is 0 Å². The summed E-state index contributed by atoms with van der Waals surface area (Å²) in [6, 6.07) is 0. The molecule has 0 N–H and O–H groups in total. The SMILES string of the molecule is CCCCCCCC1CC(CCCC2CC(CCN=O)C2)C1. The van der Waals surface area contributed by atoms with E-state index >= 15 is 0 Å². The van der Waals surface area contributed by atoms with Crippen molar-refractivity contribution in [3.8, 4) is 0 Å². The number of nitroso groups, excluding NO2 is 1. The fourth-order valence-electron chi connectivity index (χ4n) is 4.66. The van der Waals surface area contributed by atoms with Gasteiger partial charge in [0, 0.05) is 0 Å². The Morgan fingerprint density at radius 1 is 0.682 bits per heavy atom. The molecule has 2 aliphatic carbocycles. The molecule has 0 heterocycles. The van der Waals surface area contributed by atoms with E-state index in [0.717, 1.165) is 30.1 Å². The third-order valence-corrected chi connectivity index (χ3v) is 6.24. The highest BCUT2D eigenvalue weighted by molar-refractivity contribution is 4.82. The highest BCUT2D eigenvalue weighted by Crippen LogP contribution is 2.43. The molecule has 2 fully saturated rings. The van der Waals surface area contributed by atoms with Gasteiger partial charge < -0.3 is 0 Å². The summed E-state index contributed by atoms with van der Waals surface area (Å²) < 4.78 is 0. The van der Waals surface area contributed by atoms with Crippen molar-refractivity contribution in [1.29, 1.82) is 0 Å². The second-order valence-corrected chi connectivity index (χ2v) is 8.18. The summed E-state index contributed by atoms with van der Waals surface area (Å²) in [5, 5.41) is 2.98. The Morgan fingerprint density at radius 3 is 1.73 bits per heavy atom. The number of hydrogen-bond donors (Lipinski definition) is 0. The first-order valence-electron chi connectivity index (χ1n) is 10.1. The van der Waals surface area contributed by atoms with Crippen molar-refractivity contribution < 1.29 is 0 Å². The Kier molecular flexibility index (Phi) is 8.47. The van der Waals surface area contributed by atoms with E-state index in [9.17, 15) is 4.91 Å². The summed E-state index contributed by atoms with van der Waals surface area (Å²) in [5.74, 6) is 3.95. The predicted molar refractivity (Wildman–Crippen MR) is 94.9 cm³/mol. The third kappa shape index (κ3) is 6.38. The maximum Gasteiger partial charge on any atom is 0.0813 e. The Balaban J connectivity index is 1.35. The van der Waals surface area contributed by atoms with Gasteiger partial charge in [0.2, 0.25) is 0 Å². The first-order chi connectivity index (χ1) is 10.8. The zero-order valence-electron chi connectivity index (χ0n) is 14.8. The molecule has 0 amide bonds. The van der Waals surface area contributed by atoms with Gasteiger partial charge in [-0.15, -0.1) is 0 Å². The fourth-order valence-corrected chi connectivity index (χ4v) is 4.66. The number of nitrogens with zero attached hydrogens (tertiary/aromatic N) is 1. The van der Waals surface area contributed by atoms with Crippen LogP contribution >= 0.6 is 0 Å². The maximum atomic E-state index is 10.1. The molecule has 0 unspecified atom stereocenters. The molecule has 2 aliphatic rings. The van der Waals surface area contributed by atoms with Crippen molar-refractivity contribution in [2.45, 2.75) is 96.8 Å². The van der Waals surface area contributed by atoms with E-state index in [1.54, 1.807) is 0 Å². The predicted octanol–water partition coefficient (Wildman–Crippen LogP) is 6.73. The van der Waals surface area contributed by atoms with E-state index in [4.69, 9.17) is 0 Å². The normalized spacial score (nSPS) is 30.6. The minimum atomic E-state index is 0.541. The van der Waals surface area contributed by atoms with Crippen LogP contribution in [0.25, 0.3) is 0 Å². The van der Waals surface area contributed by atoms with Crippen LogP contribution < -0.4 is 0 Å². The minimum Gasteiger partial charge on any atom is -0.151 e. The van der Waals surface area contributed by atoms with Gasteiger partial charge in [-0.05, 0) is 55.8 Å². The van der Waals surface area contributed by atoms with Crippen molar-refractivity contribution in [2.75, 3.05) is 6.54 Å². The summed E-state index contributed by atoms with van der Waals surface area (Å²) in [4.78, 5) is 10.1. The fraction of sp³-hybridized carbons (Fsp3) is 1.00. The summed E-state index contributed by atoms with van der Waals surface area (Å²) >= 11 is 0. The molecular weight excluding hydrogens is 270 g/mol. The van der Waals surface area contributed by atoms with Gasteiger partial charge in [-0.3, -0.25) is 0 Å². The highest BCUT2D eigenvalue weighted by atomic mass is 16.3. The molecule has 0 aromatic carbocycles. The van der Waals surface area contributed by atoms with Crippen molar-refractivity contribution >= 4 is 0 Å². The molecule has 0 aromatic heterocycles. The smallest absolute Gasteiger partial charge is 0.0813 e. The van der Waals surface area contributed by atoms with Crippen molar-refractivity contribution in [3.05, 3.63) is 4.91 Å². The summed E-state index contributed by atoms with van der Waals surface area (Å²) in [6.07, 6.45) is 20.0. The first kappa shape index (κ1) is 17.9. The van der Waals surface area contributed by atoms with Crippen LogP contribution in [-0.4, -0.2) is 6.54 Å². The second kappa shape index (κ2) is 10.4. The lowest BCUT2D eigenvalue weighted by Gasteiger charge is -2.38. The topological polar surface area (TPSA) is 29.4 Å². The molecule has 0 aliphatic heterocycles. The first-order valence-corrected chi connectivity index (χ1v) is 10.1. The van der Waals surface area contributed by atoms with E-state index < -0.39 is 0 Å². The summed E-state index contributed by atoms with van der Waals surface area (Å²) in [7, 11) is 0. The molecule has 2 rings (SSSR count). The average molecular weight is 308 g/mol. The maximum absolute atomic E-state index is 10.1. The Labute approximate surface area is 137 Å². The standard InChI is InChI=1S/C20H37NO/c1-2-3-4-5-6-8-17-13-18(14-17)9-7-10-19-15-20(16-19)11-12-21-22/h17-20H,2-16H2,1H3. The van der Waals surface area contributed by atoms with Gasteiger partial charge in [0.1, 0.15) is 0 Å². The van der Waals surface area contributed by atoms with Crippen LogP contribution in [0.15, 0.2) is 5.18 Å². The van der Waals surface area contributed by atoms with Crippen LogP contribution in [-0.2, 0) is 0 Å². The van der Waals surface area contributed by atoms with Gasteiger partial charge in [0.15, 0.2) is 0 Å². The van der Waals surface area contributed by atoms with E-state index in [2.05, 4.69) is 12.1 Å². The Morgan fingerprint density at radius 2 is 1.18 bits per heavy atom. The lowest BCUT2D eigenvalue weighted by atomic mass is 9.68. The monoisotopic (exact) mass is 307 g/mol. The molecular formula is C20H37NO. The summed E-state index contributed by atoms with van der Waals surface area (Å²) in [5.41, 5.74) is 0. The van der Waals surface area contributed by atoms with E-state index in [0.29, 0.717) is 6.54 Å². The molecule has 0 spiro atoms. The van der Waals surface area contributed by atoms with Gasteiger partial charge in [0.05, 0.1) is 6.54 Å². The minimum absolute atomic E-state index is 0.541. The van der Waals surface area contributed by atoms with Crippen LogP contribution in [0.1, 0.15) is 96.8 Å². The number of hydrogen-bond acceptors (Lipinski definition) is 2. The molecule has 128 valence electrons. The van der Waals surface area contributed by atoms with E-state index in [1.165, 1.54) is 83.5 Å². The zero-order chi connectivity index (χ0) is 15.6. The van der Waals surface area contributed by atoms with Crippen LogP contribution in [0.5, 0.6) is 0 Å². The molecule has 2 saturated carbocycles. The molecule has 2 heteroatoms. The van der Waals surface area contributed by atoms with E-state index in [1.807, 2.05) is 0 Å². The Hall–Kier alpha value is -0.400. The van der Waals surface area contributed by atoms with Gasteiger partial charge in [-0.25, -0.2) is 0 Å².